The van der Waals surface area contributed by atoms with Crippen LogP contribution in [0.25, 0.3) is 0 Å². The summed E-state index contributed by atoms with van der Waals surface area (Å²) in [5, 5.41) is 3.70. The predicted octanol–water partition coefficient (Wildman–Crippen LogP) is 4.00. The van der Waals surface area contributed by atoms with Crippen molar-refractivity contribution in [1.29, 1.82) is 0 Å². The van der Waals surface area contributed by atoms with Crippen molar-refractivity contribution in [3.8, 4) is 0 Å². The van der Waals surface area contributed by atoms with E-state index in [9.17, 15) is 0 Å². The van der Waals surface area contributed by atoms with Gasteiger partial charge in [0, 0.05) is 12.6 Å². The molecule has 108 valence electrons. The Morgan fingerprint density at radius 3 is 2.61 bits per heavy atom. The molecular formula is C16H33NO. The zero-order valence-corrected chi connectivity index (χ0v) is 13.1. The van der Waals surface area contributed by atoms with Crippen LogP contribution in [0.15, 0.2) is 0 Å². The van der Waals surface area contributed by atoms with Gasteiger partial charge in [-0.1, -0.05) is 41.0 Å². The normalized spacial score (nSPS) is 28.5. The van der Waals surface area contributed by atoms with Crippen LogP contribution in [0.3, 0.4) is 0 Å². The van der Waals surface area contributed by atoms with Crippen molar-refractivity contribution in [2.75, 3.05) is 13.2 Å². The highest BCUT2D eigenvalue weighted by Gasteiger charge is 2.42. The van der Waals surface area contributed by atoms with E-state index in [-0.39, 0.29) is 0 Å². The average molecular weight is 255 g/mol. The molecule has 0 aromatic rings. The summed E-state index contributed by atoms with van der Waals surface area (Å²) in [6.45, 7) is 13.6. The maximum absolute atomic E-state index is 6.20. The number of nitrogens with one attached hydrogen (secondary N) is 1. The average Bonchev–Trinajstić information content (AvgIpc) is 2.59. The fraction of sp³-hybridized carbons (Fsp3) is 1.00. The first-order valence-corrected chi connectivity index (χ1v) is 7.86. The molecule has 0 aliphatic heterocycles. The van der Waals surface area contributed by atoms with E-state index in [2.05, 4.69) is 39.9 Å². The van der Waals surface area contributed by atoms with Crippen LogP contribution in [0, 0.1) is 11.3 Å². The Hall–Kier alpha value is -0.0800. The lowest BCUT2D eigenvalue weighted by Crippen LogP contribution is -2.46. The maximum atomic E-state index is 6.20. The van der Waals surface area contributed by atoms with Crippen molar-refractivity contribution in [2.24, 2.45) is 11.3 Å². The number of hydrogen-bond donors (Lipinski definition) is 1. The second-order valence-electron chi connectivity index (χ2n) is 6.72. The Morgan fingerprint density at radius 2 is 2.00 bits per heavy atom. The molecule has 0 aromatic carbocycles. The largest absolute Gasteiger partial charge is 0.376 e. The van der Waals surface area contributed by atoms with E-state index in [1.165, 1.54) is 32.1 Å². The summed E-state index contributed by atoms with van der Waals surface area (Å²) in [4.78, 5) is 0. The molecule has 1 saturated carbocycles. The highest BCUT2D eigenvalue weighted by molar-refractivity contribution is 4.97. The third-order valence-electron chi connectivity index (χ3n) is 4.28. The Labute approximate surface area is 114 Å². The van der Waals surface area contributed by atoms with Crippen LogP contribution in [0.1, 0.15) is 66.7 Å². The fourth-order valence-corrected chi connectivity index (χ4v) is 3.09. The van der Waals surface area contributed by atoms with Crippen molar-refractivity contribution in [3.63, 3.8) is 0 Å². The van der Waals surface area contributed by atoms with Gasteiger partial charge in [-0.2, -0.15) is 0 Å². The molecule has 0 bridgehead atoms. The molecule has 3 atom stereocenters. The molecule has 1 rings (SSSR count). The van der Waals surface area contributed by atoms with Crippen molar-refractivity contribution < 1.29 is 4.74 Å². The topological polar surface area (TPSA) is 21.3 Å². The molecule has 0 spiro atoms. The molecule has 2 heteroatoms. The molecule has 3 unspecified atom stereocenters. The molecule has 2 nitrogen and oxygen atoms in total. The van der Waals surface area contributed by atoms with Crippen molar-refractivity contribution in [2.45, 2.75) is 78.9 Å². The van der Waals surface area contributed by atoms with Crippen LogP contribution in [0.5, 0.6) is 0 Å². The minimum atomic E-state index is 0.383. The van der Waals surface area contributed by atoms with Gasteiger partial charge in [-0.15, -0.1) is 0 Å². The monoisotopic (exact) mass is 255 g/mol. The highest BCUT2D eigenvalue weighted by Crippen LogP contribution is 2.39. The summed E-state index contributed by atoms with van der Waals surface area (Å²) in [6.07, 6.45) is 6.66. The number of rotatable bonds is 8. The molecule has 0 heterocycles. The summed E-state index contributed by atoms with van der Waals surface area (Å²) in [5.41, 5.74) is 0.383. The van der Waals surface area contributed by atoms with Crippen LogP contribution in [-0.4, -0.2) is 25.3 Å². The minimum Gasteiger partial charge on any atom is -0.376 e. The van der Waals surface area contributed by atoms with Gasteiger partial charge in [0.2, 0.25) is 0 Å². The van der Waals surface area contributed by atoms with E-state index in [0.29, 0.717) is 23.5 Å². The fourth-order valence-electron chi connectivity index (χ4n) is 3.09. The van der Waals surface area contributed by atoms with Gasteiger partial charge in [0.25, 0.3) is 0 Å². The van der Waals surface area contributed by atoms with E-state index in [1.54, 1.807) is 0 Å². The molecule has 1 N–H and O–H groups in total. The smallest absolute Gasteiger partial charge is 0.0733 e. The summed E-state index contributed by atoms with van der Waals surface area (Å²) in [5.74, 6) is 0.700. The molecule has 0 aromatic heterocycles. The lowest BCUT2D eigenvalue weighted by Gasteiger charge is -2.32. The molecule has 1 aliphatic carbocycles. The van der Waals surface area contributed by atoms with E-state index >= 15 is 0 Å². The van der Waals surface area contributed by atoms with Crippen LogP contribution < -0.4 is 5.32 Å². The predicted molar refractivity (Wildman–Crippen MR) is 78.9 cm³/mol. The zero-order valence-electron chi connectivity index (χ0n) is 13.1. The van der Waals surface area contributed by atoms with Gasteiger partial charge in [-0.25, -0.2) is 0 Å². The zero-order chi connectivity index (χ0) is 13.6. The van der Waals surface area contributed by atoms with Gasteiger partial charge in [-0.05, 0) is 43.6 Å². The minimum absolute atomic E-state index is 0.383. The second kappa shape index (κ2) is 7.49. The van der Waals surface area contributed by atoms with Crippen molar-refractivity contribution >= 4 is 0 Å². The van der Waals surface area contributed by atoms with Crippen LogP contribution in [-0.2, 0) is 4.74 Å². The molecule has 0 saturated heterocycles. The number of hydrogen-bond acceptors (Lipinski definition) is 2. The molecular weight excluding hydrogens is 222 g/mol. The van der Waals surface area contributed by atoms with E-state index in [1.807, 2.05) is 0 Å². The highest BCUT2D eigenvalue weighted by atomic mass is 16.5. The summed E-state index contributed by atoms with van der Waals surface area (Å²) in [6, 6.07) is 0.534. The summed E-state index contributed by atoms with van der Waals surface area (Å²) >= 11 is 0. The van der Waals surface area contributed by atoms with Crippen LogP contribution in [0.2, 0.25) is 0 Å². The van der Waals surface area contributed by atoms with Gasteiger partial charge in [0.15, 0.2) is 0 Å². The lowest BCUT2D eigenvalue weighted by molar-refractivity contribution is 0.00846. The van der Waals surface area contributed by atoms with Gasteiger partial charge < -0.3 is 10.1 Å². The Morgan fingerprint density at radius 1 is 1.28 bits per heavy atom. The van der Waals surface area contributed by atoms with Crippen molar-refractivity contribution in [1.82, 2.24) is 5.32 Å². The maximum Gasteiger partial charge on any atom is 0.0733 e. The first-order chi connectivity index (χ1) is 8.51. The van der Waals surface area contributed by atoms with Crippen LogP contribution >= 0.6 is 0 Å². The van der Waals surface area contributed by atoms with Gasteiger partial charge in [0.1, 0.15) is 0 Å². The van der Waals surface area contributed by atoms with E-state index < -0.39 is 0 Å². The molecule has 1 fully saturated rings. The summed E-state index contributed by atoms with van der Waals surface area (Å²) < 4.78 is 6.20. The van der Waals surface area contributed by atoms with E-state index in [4.69, 9.17) is 4.74 Å². The first kappa shape index (κ1) is 16.0. The van der Waals surface area contributed by atoms with Gasteiger partial charge in [-0.3, -0.25) is 0 Å². The molecule has 18 heavy (non-hydrogen) atoms. The second-order valence-corrected chi connectivity index (χ2v) is 6.72. The summed E-state index contributed by atoms with van der Waals surface area (Å²) in [7, 11) is 0. The first-order valence-electron chi connectivity index (χ1n) is 7.86. The third-order valence-corrected chi connectivity index (χ3v) is 4.28. The van der Waals surface area contributed by atoms with Gasteiger partial charge >= 0.3 is 0 Å². The van der Waals surface area contributed by atoms with E-state index in [0.717, 1.165) is 13.2 Å². The molecule has 0 amide bonds. The molecule has 0 radical (unpaired) electrons. The van der Waals surface area contributed by atoms with Crippen molar-refractivity contribution in [3.05, 3.63) is 0 Å². The quantitative estimate of drug-likeness (QED) is 0.708. The van der Waals surface area contributed by atoms with Crippen LogP contribution in [0.4, 0.5) is 0 Å². The standard InChI is InChI=1S/C16H33NO/c1-6-8-13(3)12-18-14-9-10-16(4,5)15(14)17-11-7-2/h13-15,17H,6-12H2,1-5H3. The number of ether oxygens (including phenoxy) is 1. The Bertz CT molecular complexity index is 227. The Balaban J connectivity index is 2.43. The Kier molecular flexibility index (Phi) is 6.65. The molecule has 1 aliphatic rings. The SMILES string of the molecule is CCCNC1C(OCC(C)CCC)CCC1(C)C. The lowest BCUT2D eigenvalue weighted by atomic mass is 9.87. The van der Waals surface area contributed by atoms with Gasteiger partial charge in [0.05, 0.1) is 6.10 Å². The third kappa shape index (κ3) is 4.55.